The molecule has 0 radical (unpaired) electrons. The zero-order valence-corrected chi connectivity index (χ0v) is 11.6. The minimum atomic E-state index is 0.745. The second-order valence-corrected chi connectivity index (χ2v) is 6.98. The molecule has 0 amide bonds. The van der Waals surface area contributed by atoms with E-state index >= 15 is 0 Å². The maximum atomic E-state index is 5.94. The lowest BCUT2D eigenvalue weighted by Gasteiger charge is -2.16. The molecule has 0 spiro atoms. The van der Waals surface area contributed by atoms with Crippen LogP contribution in [0.4, 0.5) is 0 Å². The van der Waals surface area contributed by atoms with Gasteiger partial charge in [0, 0.05) is 30.1 Å². The molecule has 17 heavy (non-hydrogen) atoms. The minimum Gasteiger partial charge on any atom is -0.310 e. The number of nitrogens with one attached hydrogen (secondary N) is 1. The Hall–Kier alpha value is -0.0900. The Balaban J connectivity index is 1.40. The monoisotopic (exact) mass is 270 g/mol. The molecule has 1 atom stereocenters. The quantitative estimate of drug-likeness (QED) is 0.885. The van der Waals surface area contributed by atoms with Gasteiger partial charge < -0.3 is 10.2 Å². The van der Waals surface area contributed by atoms with E-state index in [1.165, 1.54) is 43.8 Å². The SMILES string of the molecule is Clc1ccc(CCN2CCC(NC3CC3)C2)s1. The summed E-state index contributed by atoms with van der Waals surface area (Å²) in [6, 6.07) is 5.75. The van der Waals surface area contributed by atoms with E-state index in [9.17, 15) is 0 Å². The van der Waals surface area contributed by atoms with Crippen LogP contribution < -0.4 is 5.32 Å². The third-order valence-electron chi connectivity index (χ3n) is 3.62. The molecule has 1 unspecified atom stereocenters. The van der Waals surface area contributed by atoms with Gasteiger partial charge in [0.2, 0.25) is 0 Å². The smallest absolute Gasteiger partial charge is 0.0931 e. The fraction of sp³-hybridized carbons (Fsp3) is 0.692. The topological polar surface area (TPSA) is 15.3 Å². The first-order valence-electron chi connectivity index (χ1n) is 6.52. The van der Waals surface area contributed by atoms with E-state index < -0.39 is 0 Å². The lowest BCUT2D eigenvalue weighted by molar-refractivity contribution is 0.332. The molecule has 1 aliphatic carbocycles. The summed E-state index contributed by atoms with van der Waals surface area (Å²) in [5.74, 6) is 0. The number of nitrogens with zero attached hydrogens (tertiary/aromatic N) is 1. The van der Waals surface area contributed by atoms with Gasteiger partial charge in [-0.15, -0.1) is 11.3 Å². The highest BCUT2D eigenvalue weighted by atomic mass is 35.5. The fourth-order valence-corrected chi connectivity index (χ4v) is 3.59. The predicted octanol–water partition coefficient (Wildman–Crippen LogP) is 2.77. The highest BCUT2D eigenvalue weighted by Crippen LogP contribution is 2.24. The Morgan fingerprint density at radius 3 is 2.88 bits per heavy atom. The molecule has 2 aliphatic rings. The van der Waals surface area contributed by atoms with Crippen molar-refractivity contribution in [3.05, 3.63) is 21.3 Å². The zero-order valence-electron chi connectivity index (χ0n) is 9.99. The molecule has 4 heteroatoms. The number of likely N-dealkylation sites (tertiary alicyclic amines) is 1. The normalized spacial score (nSPS) is 25.6. The van der Waals surface area contributed by atoms with Crippen LogP contribution in [-0.2, 0) is 6.42 Å². The standard InChI is InChI=1S/C13H19ClN2S/c14-13-4-3-12(17-13)6-8-16-7-5-11(9-16)15-10-1-2-10/h3-4,10-11,15H,1-2,5-9H2. The van der Waals surface area contributed by atoms with Gasteiger partial charge in [0.15, 0.2) is 0 Å². The van der Waals surface area contributed by atoms with Crippen LogP contribution in [0.1, 0.15) is 24.1 Å². The maximum Gasteiger partial charge on any atom is 0.0931 e. The lowest BCUT2D eigenvalue weighted by Crippen LogP contribution is -2.34. The molecule has 1 saturated carbocycles. The summed E-state index contributed by atoms with van der Waals surface area (Å²) in [5, 5.41) is 3.72. The van der Waals surface area contributed by atoms with Crippen LogP contribution in [0, 0.1) is 0 Å². The minimum absolute atomic E-state index is 0.745. The van der Waals surface area contributed by atoms with E-state index in [2.05, 4.69) is 16.3 Å². The van der Waals surface area contributed by atoms with Crippen LogP contribution in [0.25, 0.3) is 0 Å². The zero-order chi connectivity index (χ0) is 11.7. The van der Waals surface area contributed by atoms with Gasteiger partial charge in [0.05, 0.1) is 4.34 Å². The Morgan fingerprint density at radius 1 is 1.29 bits per heavy atom. The van der Waals surface area contributed by atoms with Crippen LogP contribution in [0.2, 0.25) is 4.34 Å². The van der Waals surface area contributed by atoms with Crippen molar-refractivity contribution in [3.8, 4) is 0 Å². The molecular formula is C13H19ClN2S. The van der Waals surface area contributed by atoms with E-state index in [1.54, 1.807) is 11.3 Å². The highest BCUT2D eigenvalue weighted by molar-refractivity contribution is 7.16. The molecule has 1 saturated heterocycles. The first kappa shape index (κ1) is 12.0. The van der Waals surface area contributed by atoms with Crippen molar-refractivity contribution in [1.29, 1.82) is 0 Å². The van der Waals surface area contributed by atoms with Gasteiger partial charge in [0.25, 0.3) is 0 Å². The van der Waals surface area contributed by atoms with Crippen LogP contribution in [0.15, 0.2) is 12.1 Å². The fourth-order valence-electron chi connectivity index (χ4n) is 2.51. The molecule has 1 aromatic heterocycles. The summed E-state index contributed by atoms with van der Waals surface area (Å²) >= 11 is 7.65. The predicted molar refractivity (Wildman–Crippen MR) is 74.0 cm³/mol. The Kier molecular flexibility index (Phi) is 3.71. The van der Waals surface area contributed by atoms with Crippen LogP contribution in [0.5, 0.6) is 0 Å². The average molecular weight is 271 g/mol. The molecule has 0 aromatic carbocycles. The third-order valence-corrected chi connectivity index (χ3v) is 4.92. The van der Waals surface area contributed by atoms with Crippen LogP contribution in [0.3, 0.4) is 0 Å². The largest absolute Gasteiger partial charge is 0.310 e. The summed E-state index contributed by atoms with van der Waals surface area (Å²) in [5.41, 5.74) is 0. The summed E-state index contributed by atoms with van der Waals surface area (Å²) in [6.07, 6.45) is 5.25. The summed E-state index contributed by atoms with van der Waals surface area (Å²) in [7, 11) is 0. The van der Waals surface area contributed by atoms with Crippen molar-refractivity contribution < 1.29 is 0 Å². The number of halogens is 1. The first-order chi connectivity index (χ1) is 8.29. The molecule has 94 valence electrons. The van der Waals surface area contributed by atoms with Gasteiger partial charge in [-0.25, -0.2) is 0 Å². The van der Waals surface area contributed by atoms with Crippen molar-refractivity contribution in [2.24, 2.45) is 0 Å². The molecule has 1 aliphatic heterocycles. The molecule has 0 bridgehead atoms. The van der Waals surface area contributed by atoms with Crippen molar-refractivity contribution >= 4 is 22.9 Å². The van der Waals surface area contributed by atoms with Crippen molar-refractivity contribution in [2.45, 2.75) is 37.8 Å². The number of rotatable bonds is 5. The first-order valence-corrected chi connectivity index (χ1v) is 7.71. The van der Waals surface area contributed by atoms with E-state index in [1.807, 2.05) is 6.07 Å². The number of hydrogen-bond acceptors (Lipinski definition) is 3. The van der Waals surface area contributed by atoms with Gasteiger partial charge in [-0.1, -0.05) is 11.6 Å². The van der Waals surface area contributed by atoms with E-state index in [-0.39, 0.29) is 0 Å². The van der Waals surface area contributed by atoms with Crippen molar-refractivity contribution in [2.75, 3.05) is 19.6 Å². The molecule has 2 heterocycles. The summed E-state index contributed by atoms with van der Waals surface area (Å²) < 4.78 is 0.912. The summed E-state index contributed by atoms with van der Waals surface area (Å²) in [6.45, 7) is 3.67. The van der Waals surface area contributed by atoms with Crippen LogP contribution in [-0.4, -0.2) is 36.6 Å². The molecule has 3 rings (SSSR count). The third kappa shape index (κ3) is 3.44. The Bertz CT molecular complexity index is 375. The molecule has 1 aromatic rings. The second-order valence-electron chi connectivity index (χ2n) is 5.18. The lowest BCUT2D eigenvalue weighted by atomic mass is 10.2. The molecule has 1 N–H and O–H groups in total. The molecule has 2 nitrogen and oxygen atoms in total. The highest BCUT2D eigenvalue weighted by Gasteiger charge is 2.28. The van der Waals surface area contributed by atoms with E-state index in [4.69, 9.17) is 11.6 Å². The number of hydrogen-bond donors (Lipinski definition) is 1. The Labute approximate surface area is 112 Å². The van der Waals surface area contributed by atoms with Gasteiger partial charge in [-0.3, -0.25) is 0 Å². The van der Waals surface area contributed by atoms with E-state index in [0.29, 0.717) is 0 Å². The number of thiophene rings is 1. The maximum absolute atomic E-state index is 5.94. The average Bonchev–Trinajstić information content (AvgIpc) is 2.84. The molecular weight excluding hydrogens is 252 g/mol. The Morgan fingerprint density at radius 2 is 2.18 bits per heavy atom. The van der Waals surface area contributed by atoms with Crippen molar-refractivity contribution in [3.63, 3.8) is 0 Å². The van der Waals surface area contributed by atoms with Gasteiger partial charge in [0.1, 0.15) is 0 Å². The van der Waals surface area contributed by atoms with Crippen LogP contribution >= 0.6 is 22.9 Å². The second kappa shape index (κ2) is 5.27. The van der Waals surface area contributed by atoms with E-state index in [0.717, 1.165) is 22.8 Å². The van der Waals surface area contributed by atoms with Gasteiger partial charge >= 0.3 is 0 Å². The van der Waals surface area contributed by atoms with Gasteiger partial charge in [-0.2, -0.15) is 0 Å². The van der Waals surface area contributed by atoms with Crippen molar-refractivity contribution in [1.82, 2.24) is 10.2 Å². The van der Waals surface area contributed by atoms with Gasteiger partial charge in [-0.05, 0) is 44.4 Å². The summed E-state index contributed by atoms with van der Waals surface area (Å²) in [4.78, 5) is 3.99. The molecule has 2 fully saturated rings.